The highest BCUT2D eigenvalue weighted by Gasteiger charge is 2.21. The van der Waals surface area contributed by atoms with Crippen molar-refractivity contribution in [2.45, 2.75) is 13.0 Å². The number of carbonyl (C=O) groups is 2. The summed E-state index contributed by atoms with van der Waals surface area (Å²) in [5, 5.41) is 2.01. The van der Waals surface area contributed by atoms with Gasteiger partial charge < -0.3 is 14.8 Å². The van der Waals surface area contributed by atoms with Gasteiger partial charge >= 0.3 is 5.97 Å². The fourth-order valence-corrected chi connectivity index (χ4v) is 1.80. The van der Waals surface area contributed by atoms with Crippen molar-refractivity contribution in [2.24, 2.45) is 0 Å². The van der Waals surface area contributed by atoms with Gasteiger partial charge in [0.2, 0.25) is 0 Å². The van der Waals surface area contributed by atoms with Crippen LogP contribution >= 0.6 is 0 Å². The number of amides is 1. The maximum absolute atomic E-state index is 13.5. The van der Waals surface area contributed by atoms with E-state index in [1.165, 1.54) is 19.1 Å². The molecule has 0 aliphatic rings. The van der Waals surface area contributed by atoms with Gasteiger partial charge in [-0.05, 0) is 43.3 Å². The van der Waals surface area contributed by atoms with Crippen molar-refractivity contribution in [3.05, 3.63) is 59.9 Å². The Hall–Kier alpha value is -3.03. The normalized spacial score (nSPS) is 11.5. The average molecular weight is 353 g/mol. The Balaban J connectivity index is 1.85. The Morgan fingerprint density at radius 1 is 1.04 bits per heavy atom. The second-order valence-electron chi connectivity index (χ2n) is 4.96. The Morgan fingerprint density at radius 2 is 1.64 bits per heavy atom. The lowest BCUT2D eigenvalue weighted by Crippen LogP contribution is -2.32. The molecule has 0 unspecified atom stereocenters. The Kier molecular flexibility index (Phi) is 5.99. The van der Waals surface area contributed by atoms with E-state index in [1.807, 2.05) is 5.32 Å². The number of anilines is 1. The first-order chi connectivity index (χ1) is 11.9. The van der Waals surface area contributed by atoms with Gasteiger partial charge in [-0.15, -0.1) is 0 Å². The molecule has 2 aromatic rings. The van der Waals surface area contributed by atoms with E-state index < -0.39 is 47.7 Å². The van der Waals surface area contributed by atoms with Crippen LogP contribution in [0.2, 0.25) is 0 Å². The first-order valence-corrected chi connectivity index (χ1v) is 7.19. The van der Waals surface area contributed by atoms with Crippen molar-refractivity contribution in [2.75, 3.05) is 11.9 Å². The van der Waals surface area contributed by atoms with E-state index in [1.54, 1.807) is 0 Å². The lowest BCUT2D eigenvalue weighted by Gasteiger charge is -2.14. The second-order valence-corrected chi connectivity index (χ2v) is 4.96. The van der Waals surface area contributed by atoms with E-state index in [2.05, 4.69) is 0 Å². The number of benzene rings is 2. The van der Waals surface area contributed by atoms with Crippen molar-refractivity contribution < 1.29 is 32.2 Å². The van der Waals surface area contributed by atoms with Crippen LogP contribution in [0, 0.1) is 17.5 Å². The van der Waals surface area contributed by atoms with Gasteiger partial charge in [-0.1, -0.05) is 6.07 Å². The average Bonchev–Trinajstić information content (AvgIpc) is 2.57. The van der Waals surface area contributed by atoms with Crippen LogP contribution in [0.25, 0.3) is 0 Å². The fraction of sp³-hybridized carbons (Fsp3) is 0.176. The van der Waals surface area contributed by atoms with E-state index in [-0.39, 0.29) is 5.75 Å². The summed E-state index contributed by atoms with van der Waals surface area (Å²) in [4.78, 5) is 23.5. The molecule has 8 heteroatoms. The molecule has 2 aromatic carbocycles. The molecule has 0 bridgehead atoms. The molecule has 0 spiro atoms. The van der Waals surface area contributed by atoms with Gasteiger partial charge in [0, 0.05) is 0 Å². The largest absolute Gasteiger partial charge is 0.482 e. The Bertz CT molecular complexity index is 745. The first kappa shape index (κ1) is 18.3. The number of ether oxygens (including phenoxy) is 2. The molecular weight excluding hydrogens is 339 g/mol. The molecule has 0 radical (unpaired) electrons. The highest BCUT2D eigenvalue weighted by Crippen LogP contribution is 2.18. The lowest BCUT2D eigenvalue weighted by molar-refractivity contribution is -0.155. The van der Waals surface area contributed by atoms with Crippen LogP contribution in [0.5, 0.6) is 5.75 Å². The summed E-state index contributed by atoms with van der Waals surface area (Å²) in [6.07, 6.45) is -1.30. The number of nitrogens with one attached hydrogen (secondary N) is 1. The molecule has 0 aliphatic heterocycles. The van der Waals surface area contributed by atoms with Crippen LogP contribution in [-0.4, -0.2) is 24.6 Å². The number of halogens is 3. The standard InChI is InChI=1S/C17H14F3NO4/c1-10(17(23)21-16-13(19)3-2-4-14(16)20)25-15(22)9-24-12-7-5-11(18)6-8-12/h2-8,10H,9H2,1H3,(H,21,23)/t10-/m1/s1. The maximum atomic E-state index is 13.5. The van der Waals surface area contributed by atoms with E-state index in [0.29, 0.717) is 0 Å². The van der Waals surface area contributed by atoms with E-state index in [0.717, 1.165) is 30.3 Å². The molecule has 0 saturated heterocycles. The van der Waals surface area contributed by atoms with Crippen LogP contribution in [-0.2, 0) is 14.3 Å². The van der Waals surface area contributed by atoms with Crippen LogP contribution in [0.3, 0.4) is 0 Å². The van der Waals surface area contributed by atoms with Gasteiger partial charge in [0.1, 0.15) is 28.9 Å². The SMILES string of the molecule is C[C@@H](OC(=O)COc1ccc(F)cc1)C(=O)Nc1c(F)cccc1F. The number of esters is 1. The van der Waals surface area contributed by atoms with Gasteiger partial charge in [-0.3, -0.25) is 4.79 Å². The molecule has 0 saturated carbocycles. The summed E-state index contributed by atoms with van der Waals surface area (Å²) in [6, 6.07) is 8.05. The van der Waals surface area contributed by atoms with Gasteiger partial charge in [-0.25, -0.2) is 18.0 Å². The molecule has 5 nitrogen and oxygen atoms in total. The summed E-state index contributed by atoms with van der Waals surface area (Å²) in [5.41, 5.74) is -0.627. The summed E-state index contributed by atoms with van der Waals surface area (Å²) in [6.45, 7) is 0.723. The topological polar surface area (TPSA) is 64.6 Å². The molecular formula is C17H14F3NO4. The second kappa shape index (κ2) is 8.18. The minimum absolute atomic E-state index is 0.240. The van der Waals surface area contributed by atoms with Crippen LogP contribution in [0.15, 0.2) is 42.5 Å². The van der Waals surface area contributed by atoms with Gasteiger partial charge in [-0.2, -0.15) is 0 Å². The Morgan fingerprint density at radius 3 is 2.24 bits per heavy atom. The molecule has 1 amide bonds. The number of rotatable bonds is 6. The van der Waals surface area contributed by atoms with E-state index in [9.17, 15) is 22.8 Å². The highest BCUT2D eigenvalue weighted by molar-refractivity contribution is 5.95. The zero-order valence-corrected chi connectivity index (χ0v) is 13.1. The van der Waals surface area contributed by atoms with Crippen LogP contribution < -0.4 is 10.1 Å². The van der Waals surface area contributed by atoms with Crippen molar-refractivity contribution in [1.29, 1.82) is 0 Å². The third-order valence-electron chi connectivity index (χ3n) is 3.06. The number of hydrogen-bond donors (Lipinski definition) is 1. The fourth-order valence-electron chi connectivity index (χ4n) is 1.80. The first-order valence-electron chi connectivity index (χ1n) is 7.19. The summed E-state index contributed by atoms with van der Waals surface area (Å²) in [7, 11) is 0. The predicted octanol–water partition coefficient (Wildman–Crippen LogP) is 3.05. The minimum atomic E-state index is -1.30. The third-order valence-corrected chi connectivity index (χ3v) is 3.06. The lowest BCUT2D eigenvalue weighted by atomic mass is 10.2. The molecule has 0 aliphatic carbocycles. The van der Waals surface area contributed by atoms with Gasteiger partial charge in [0.25, 0.3) is 5.91 Å². The van der Waals surface area contributed by atoms with Crippen molar-refractivity contribution in [3.63, 3.8) is 0 Å². The molecule has 132 valence electrons. The van der Waals surface area contributed by atoms with Gasteiger partial charge in [0.05, 0.1) is 0 Å². The molecule has 0 aromatic heterocycles. The van der Waals surface area contributed by atoms with Crippen molar-refractivity contribution >= 4 is 17.6 Å². The number of hydrogen-bond acceptors (Lipinski definition) is 4. The van der Waals surface area contributed by atoms with E-state index in [4.69, 9.17) is 9.47 Å². The van der Waals surface area contributed by atoms with Crippen molar-refractivity contribution in [3.8, 4) is 5.75 Å². The molecule has 0 heterocycles. The monoisotopic (exact) mass is 353 g/mol. The Labute approximate surface area is 141 Å². The highest BCUT2D eigenvalue weighted by atomic mass is 19.1. The molecule has 2 rings (SSSR count). The zero-order valence-electron chi connectivity index (χ0n) is 13.1. The predicted molar refractivity (Wildman–Crippen MR) is 82.4 cm³/mol. The maximum Gasteiger partial charge on any atom is 0.344 e. The summed E-state index contributed by atoms with van der Waals surface area (Å²) in [5.74, 6) is -3.90. The molecule has 25 heavy (non-hydrogen) atoms. The summed E-state index contributed by atoms with van der Waals surface area (Å²) < 4.78 is 49.5. The number of para-hydroxylation sites is 1. The molecule has 0 fully saturated rings. The zero-order chi connectivity index (χ0) is 18.4. The smallest absolute Gasteiger partial charge is 0.344 e. The molecule has 1 atom stereocenters. The summed E-state index contributed by atoms with van der Waals surface area (Å²) >= 11 is 0. The van der Waals surface area contributed by atoms with Crippen LogP contribution in [0.4, 0.5) is 18.9 Å². The quantitative estimate of drug-likeness (QED) is 0.811. The van der Waals surface area contributed by atoms with Crippen molar-refractivity contribution in [1.82, 2.24) is 0 Å². The van der Waals surface area contributed by atoms with Gasteiger partial charge in [0.15, 0.2) is 12.7 Å². The van der Waals surface area contributed by atoms with E-state index >= 15 is 0 Å². The molecule has 1 N–H and O–H groups in total. The minimum Gasteiger partial charge on any atom is -0.482 e. The number of carbonyl (C=O) groups excluding carboxylic acids is 2. The third kappa shape index (κ3) is 5.23. The van der Waals surface area contributed by atoms with Crippen LogP contribution in [0.1, 0.15) is 6.92 Å².